The van der Waals surface area contributed by atoms with E-state index >= 15 is 0 Å². The van der Waals surface area contributed by atoms with Crippen LogP contribution in [-0.4, -0.2) is 16.7 Å². The van der Waals surface area contributed by atoms with Gasteiger partial charge in [0, 0.05) is 28.9 Å². The fraction of sp³-hybridized carbons (Fsp3) is 0.429. The van der Waals surface area contributed by atoms with Crippen molar-refractivity contribution in [1.82, 2.24) is 4.98 Å². The number of ketones is 1. The first-order valence-electron chi connectivity index (χ1n) is 11.9. The number of carbonyl (C=O) groups excluding carboxylic acids is 2. The summed E-state index contributed by atoms with van der Waals surface area (Å²) in [6, 6.07) is 13.9. The Kier molecular flexibility index (Phi) is 8.26. The number of hydrogen-bond acceptors (Lipinski definition) is 2. The smallest absolute Gasteiger partial charge is 0.227 e. The zero-order chi connectivity index (χ0) is 23.1. The van der Waals surface area contributed by atoms with Crippen LogP contribution in [0.1, 0.15) is 74.4 Å². The Balaban J connectivity index is 0.000000207. The van der Waals surface area contributed by atoms with Crippen LogP contribution in [0.5, 0.6) is 0 Å². The van der Waals surface area contributed by atoms with Gasteiger partial charge in [-0.2, -0.15) is 0 Å². The van der Waals surface area contributed by atoms with Crippen molar-refractivity contribution in [3.8, 4) is 0 Å². The molecule has 0 radical (unpaired) electrons. The first-order chi connectivity index (χ1) is 15.4. The number of Topliss-reactive ketones (excluding diaryl/α,β-unsaturated/α-hetero) is 1. The van der Waals surface area contributed by atoms with Crippen LogP contribution in [-0.2, 0) is 11.2 Å². The summed E-state index contributed by atoms with van der Waals surface area (Å²) in [7, 11) is 0. The minimum absolute atomic E-state index is 0.163. The molecule has 0 unspecified atom stereocenters. The van der Waals surface area contributed by atoms with Crippen LogP contribution >= 0.6 is 0 Å². The lowest BCUT2D eigenvalue weighted by Gasteiger charge is -2.26. The Morgan fingerprint density at radius 3 is 2.41 bits per heavy atom. The predicted molar refractivity (Wildman–Crippen MR) is 133 cm³/mol. The average molecular weight is 433 g/mol. The first-order valence-corrected chi connectivity index (χ1v) is 11.9. The summed E-state index contributed by atoms with van der Waals surface area (Å²) >= 11 is 0. The minimum atomic E-state index is 0.163. The molecular formula is C28H36N2O2. The third-order valence-corrected chi connectivity index (χ3v) is 6.76. The molecule has 1 amide bonds. The molecule has 32 heavy (non-hydrogen) atoms. The van der Waals surface area contributed by atoms with Crippen LogP contribution < -0.4 is 5.32 Å². The van der Waals surface area contributed by atoms with Gasteiger partial charge in [0.25, 0.3) is 0 Å². The molecule has 1 aromatic heterocycles. The van der Waals surface area contributed by atoms with Crippen molar-refractivity contribution in [3.63, 3.8) is 0 Å². The van der Waals surface area contributed by atoms with Crippen molar-refractivity contribution >= 4 is 28.3 Å². The molecule has 170 valence electrons. The standard InChI is InChI=1S/C17H22N2O.C11H14O/c1-2-12-3-5-14(6-4-12)17(20)19-15-8-7-13-9-10-18-16(13)11-15;1-4-10-8(2)6-5-7-11(10)9(3)12/h7-12,14,18H,2-6H2,1H3,(H,19,20);5-7H,4H2,1-3H3. The third kappa shape index (κ3) is 5.87. The Labute approximate surface area is 191 Å². The van der Waals surface area contributed by atoms with Crippen molar-refractivity contribution < 1.29 is 9.59 Å². The summed E-state index contributed by atoms with van der Waals surface area (Å²) in [6.07, 6.45) is 8.57. The molecule has 1 saturated carbocycles. The van der Waals surface area contributed by atoms with E-state index in [1.807, 2.05) is 55.6 Å². The maximum absolute atomic E-state index is 12.3. The number of aromatic amines is 1. The SMILES string of the molecule is CCC1CCC(C(=O)Nc2ccc3cc[nH]c3c2)CC1.CCc1c(C)cccc1C(C)=O. The predicted octanol–water partition coefficient (Wildman–Crippen LogP) is 7.08. The molecule has 2 aromatic carbocycles. The molecule has 4 rings (SSSR count). The molecule has 0 saturated heterocycles. The number of benzene rings is 2. The van der Waals surface area contributed by atoms with Gasteiger partial charge in [-0.15, -0.1) is 0 Å². The van der Waals surface area contributed by atoms with Gasteiger partial charge in [0.05, 0.1) is 0 Å². The number of fused-ring (bicyclic) bond motifs is 1. The number of H-pyrrole nitrogens is 1. The molecule has 0 aliphatic heterocycles. The van der Waals surface area contributed by atoms with E-state index in [2.05, 4.69) is 24.1 Å². The zero-order valence-electron chi connectivity index (χ0n) is 19.8. The van der Waals surface area contributed by atoms with Crippen LogP contribution in [0.15, 0.2) is 48.7 Å². The molecule has 1 aliphatic carbocycles. The topological polar surface area (TPSA) is 62.0 Å². The Bertz CT molecular complexity index is 1060. The van der Waals surface area contributed by atoms with Gasteiger partial charge in [0.2, 0.25) is 5.91 Å². The number of rotatable bonds is 5. The van der Waals surface area contributed by atoms with E-state index in [0.29, 0.717) is 0 Å². The molecule has 0 spiro atoms. The number of aryl methyl sites for hydroxylation is 1. The van der Waals surface area contributed by atoms with Crippen LogP contribution in [0.4, 0.5) is 5.69 Å². The van der Waals surface area contributed by atoms with Gasteiger partial charge in [0.1, 0.15) is 0 Å². The van der Waals surface area contributed by atoms with Crippen LogP contribution in [0.2, 0.25) is 0 Å². The van der Waals surface area contributed by atoms with E-state index in [1.54, 1.807) is 6.92 Å². The normalized spacial score (nSPS) is 18.0. The molecule has 1 aliphatic rings. The molecule has 4 nitrogen and oxygen atoms in total. The highest BCUT2D eigenvalue weighted by molar-refractivity contribution is 5.96. The fourth-order valence-electron chi connectivity index (χ4n) is 4.70. The first kappa shape index (κ1) is 23.8. The van der Waals surface area contributed by atoms with Gasteiger partial charge < -0.3 is 10.3 Å². The van der Waals surface area contributed by atoms with E-state index in [9.17, 15) is 9.59 Å². The molecule has 4 heteroatoms. The molecule has 1 heterocycles. The average Bonchev–Trinajstić information content (AvgIpc) is 3.27. The summed E-state index contributed by atoms with van der Waals surface area (Å²) in [6.45, 7) is 7.99. The number of carbonyl (C=O) groups is 2. The molecule has 0 atom stereocenters. The molecule has 1 fully saturated rings. The highest BCUT2D eigenvalue weighted by atomic mass is 16.2. The summed E-state index contributed by atoms with van der Waals surface area (Å²) in [5.41, 5.74) is 5.23. The highest BCUT2D eigenvalue weighted by Crippen LogP contribution is 2.31. The van der Waals surface area contributed by atoms with E-state index in [4.69, 9.17) is 0 Å². The number of anilines is 1. The quantitative estimate of drug-likeness (QED) is 0.423. The maximum Gasteiger partial charge on any atom is 0.227 e. The number of aromatic nitrogens is 1. The zero-order valence-corrected chi connectivity index (χ0v) is 19.8. The maximum atomic E-state index is 12.3. The van der Waals surface area contributed by atoms with Gasteiger partial charge in [-0.05, 0) is 86.6 Å². The summed E-state index contributed by atoms with van der Waals surface area (Å²) in [4.78, 5) is 26.7. The van der Waals surface area contributed by atoms with Gasteiger partial charge in [0.15, 0.2) is 5.78 Å². The summed E-state index contributed by atoms with van der Waals surface area (Å²) in [5, 5.41) is 4.24. The van der Waals surface area contributed by atoms with Crippen LogP contribution in [0, 0.1) is 18.8 Å². The molecule has 3 aromatic rings. The van der Waals surface area contributed by atoms with E-state index in [-0.39, 0.29) is 17.6 Å². The van der Waals surface area contributed by atoms with E-state index in [0.717, 1.165) is 41.9 Å². The van der Waals surface area contributed by atoms with Crippen LogP contribution in [0.25, 0.3) is 10.9 Å². The third-order valence-electron chi connectivity index (χ3n) is 6.76. The van der Waals surface area contributed by atoms with E-state index < -0.39 is 0 Å². The van der Waals surface area contributed by atoms with Crippen LogP contribution in [0.3, 0.4) is 0 Å². The number of amides is 1. The molecule has 0 bridgehead atoms. The number of hydrogen-bond donors (Lipinski definition) is 2. The second-order valence-corrected chi connectivity index (χ2v) is 8.91. The van der Waals surface area contributed by atoms with Crippen molar-refractivity contribution in [2.24, 2.45) is 11.8 Å². The monoisotopic (exact) mass is 432 g/mol. The van der Waals surface area contributed by atoms with Gasteiger partial charge in [-0.3, -0.25) is 9.59 Å². The van der Waals surface area contributed by atoms with Crippen molar-refractivity contribution in [2.75, 3.05) is 5.32 Å². The highest BCUT2D eigenvalue weighted by Gasteiger charge is 2.25. The summed E-state index contributed by atoms with van der Waals surface area (Å²) in [5.74, 6) is 1.37. The van der Waals surface area contributed by atoms with Gasteiger partial charge in [-0.25, -0.2) is 0 Å². The number of nitrogens with one attached hydrogen (secondary N) is 2. The lowest BCUT2D eigenvalue weighted by molar-refractivity contribution is -0.121. The second-order valence-electron chi connectivity index (χ2n) is 8.91. The Morgan fingerprint density at radius 2 is 1.78 bits per heavy atom. The second kappa shape index (κ2) is 11.1. The van der Waals surface area contributed by atoms with Crippen molar-refractivity contribution in [2.45, 2.75) is 66.2 Å². The van der Waals surface area contributed by atoms with Crippen molar-refractivity contribution in [1.29, 1.82) is 0 Å². The fourth-order valence-corrected chi connectivity index (χ4v) is 4.70. The largest absolute Gasteiger partial charge is 0.361 e. The summed E-state index contributed by atoms with van der Waals surface area (Å²) < 4.78 is 0. The Morgan fingerprint density at radius 1 is 1.03 bits per heavy atom. The molecule has 2 N–H and O–H groups in total. The Hall–Kier alpha value is -2.88. The molecular weight excluding hydrogens is 396 g/mol. The lowest BCUT2D eigenvalue weighted by atomic mass is 9.80. The van der Waals surface area contributed by atoms with Crippen molar-refractivity contribution in [3.05, 3.63) is 65.4 Å². The lowest BCUT2D eigenvalue weighted by Crippen LogP contribution is -2.27. The van der Waals surface area contributed by atoms with Gasteiger partial charge in [-0.1, -0.05) is 44.5 Å². The van der Waals surface area contributed by atoms with Gasteiger partial charge >= 0.3 is 0 Å². The van der Waals surface area contributed by atoms with E-state index in [1.165, 1.54) is 35.8 Å². The minimum Gasteiger partial charge on any atom is -0.361 e.